The van der Waals surface area contributed by atoms with Gasteiger partial charge in [0.05, 0.1) is 0 Å². The fourth-order valence-electron chi connectivity index (χ4n) is 1.32. The van der Waals surface area contributed by atoms with Gasteiger partial charge in [-0.05, 0) is 32.4 Å². The van der Waals surface area contributed by atoms with Crippen LogP contribution in [-0.2, 0) is 4.43 Å². The summed E-state index contributed by atoms with van der Waals surface area (Å²) in [5.41, 5.74) is 0. The van der Waals surface area contributed by atoms with E-state index in [1.165, 1.54) is 12.8 Å². The van der Waals surface area contributed by atoms with Crippen molar-refractivity contribution in [3.8, 4) is 0 Å². The first-order valence-electron chi connectivity index (χ1n) is 3.57. The highest BCUT2D eigenvalue weighted by molar-refractivity contribution is 6.69. The van der Waals surface area contributed by atoms with Crippen LogP contribution in [0.5, 0.6) is 0 Å². The normalized spacial score (nSPS) is 45.0. The topological polar surface area (TPSA) is 35.2 Å². The third-order valence-electron chi connectivity index (χ3n) is 1.75. The third kappa shape index (κ3) is 2.08. The predicted octanol–water partition coefficient (Wildman–Crippen LogP) is 1.22. The van der Waals surface area contributed by atoms with E-state index in [0.29, 0.717) is 6.10 Å². The van der Waals surface area contributed by atoms with E-state index >= 15 is 0 Å². The SMILES string of the molecule is CC1CCC[Si](C)(N)O1. The Labute approximate surface area is 57.6 Å². The number of nitrogens with two attached hydrogens (primary N) is 1. The van der Waals surface area contributed by atoms with Gasteiger partial charge in [0.25, 0.3) is 8.48 Å². The molecule has 54 valence electrons. The minimum atomic E-state index is -1.65. The van der Waals surface area contributed by atoms with Crippen LogP contribution in [0.25, 0.3) is 0 Å². The standard InChI is InChI=1S/C6H15NOSi/c1-6-4-3-5-9(2,7)8-6/h6H,3-5,7H2,1-2H3. The maximum Gasteiger partial charge on any atom is 0.263 e. The summed E-state index contributed by atoms with van der Waals surface area (Å²) < 4.78 is 5.59. The number of hydrogen-bond acceptors (Lipinski definition) is 2. The minimum Gasteiger partial charge on any atom is -0.401 e. The van der Waals surface area contributed by atoms with E-state index in [0.717, 1.165) is 6.04 Å². The van der Waals surface area contributed by atoms with Crippen molar-refractivity contribution in [1.82, 2.24) is 0 Å². The maximum atomic E-state index is 5.88. The molecule has 2 unspecified atom stereocenters. The van der Waals surface area contributed by atoms with Gasteiger partial charge in [-0.25, -0.2) is 0 Å². The van der Waals surface area contributed by atoms with E-state index in [9.17, 15) is 0 Å². The van der Waals surface area contributed by atoms with Crippen molar-refractivity contribution < 1.29 is 4.43 Å². The molecule has 1 heterocycles. The van der Waals surface area contributed by atoms with Crippen molar-refractivity contribution in [1.29, 1.82) is 0 Å². The van der Waals surface area contributed by atoms with Crippen LogP contribution < -0.4 is 5.40 Å². The molecule has 0 aromatic rings. The van der Waals surface area contributed by atoms with E-state index in [4.69, 9.17) is 9.83 Å². The molecule has 1 saturated heterocycles. The summed E-state index contributed by atoms with van der Waals surface area (Å²) in [4.78, 5) is 0. The monoisotopic (exact) mass is 145 g/mol. The lowest BCUT2D eigenvalue weighted by atomic mass is 10.2. The molecule has 0 aromatic heterocycles. The van der Waals surface area contributed by atoms with Crippen molar-refractivity contribution in [3.63, 3.8) is 0 Å². The summed E-state index contributed by atoms with van der Waals surface area (Å²) in [5.74, 6) is 0. The van der Waals surface area contributed by atoms with E-state index in [1.807, 2.05) is 0 Å². The minimum absolute atomic E-state index is 0.417. The van der Waals surface area contributed by atoms with Crippen LogP contribution >= 0.6 is 0 Å². The summed E-state index contributed by atoms with van der Waals surface area (Å²) in [6, 6.07) is 1.14. The van der Waals surface area contributed by atoms with Crippen LogP contribution in [0.15, 0.2) is 0 Å². The van der Waals surface area contributed by atoms with Gasteiger partial charge < -0.3 is 9.83 Å². The molecule has 0 spiro atoms. The van der Waals surface area contributed by atoms with Crippen molar-refractivity contribution in [2.24, 2.45) is 5.40 Å². The van der Waals surface area contributed by atoms with E-state index in [1.54, 1.807) is 0 Å². The summed E-state index contributed by atoms with van der Waals surface area (Å²) in [7, 11) is -1.65. The quantitative estimate of drug-likeness (QED) is 0.520. The van der Waals surface area contributed by atoms with Crippen LogP contribution in [-0.4, -0.2) is 14.6 Å². The van der Waals surface area contributed by atoms with Crippen molar-refractivity contribution >= 4 is 8.48 Å². The zero-order valence-electron chi connectivity index (χ0n) is 6.18. The van der Waals surface area contributed by atoms with Gasteiger partial charge in [0.1, 0.15) is 0 Å². The fraction of sp³-hybridized carbons (Fsp3) is 1.00. The average Bonchev–Trinajstić information content (AvgIpc) is 1.60. The zero-order valence-corrected chi connectivity index (χ0v) is 7.18. The Hall–Kier alpha value is 0.137. The van der Waals surface area contributed by atoms with Gasteiger partial charge in [-0.15, -0.1) is 0 Å². The Bertz CT molecular complexity index is 105. The molecule has 3 heteroatoms. The number of rotatable bonds is 0. The van der Waals surface area contributed by atoms with Gasteiger partial charge in [-0.3, -0.25) is 0 Å². The highest BCUT2D eigenvalue weighted by atomic mass is 28.4. The summed E-state index contributed by atoms with van der Waals surface area (Å²) in [6.45, 7) is 4.19. The van der Waals surface area contributed by atoms with Crippen LogP contribution in [0.1, 0.15) is 19.8 Å². The molecule has 1 aliphatic heterocycles. The van der Waals surface area contributed by atoms with Crippen LogP contribution in [0, 0.1) is 0 Å². The molecular weight excluding hydrogens is 130 g/mol. The van der Waals surface area contributed by atoms with Crippen molar-refractivity contribution in [2.75, 3.05) is 0 Å². The first-order valence-corrected chi connectivity index (χ1v) is 6.26. The molecule has 1 rings (SSSR count). The van der Waals surface area contributed by atoms with Crippen LogP contribution in [0.2, 0.25) is 12.6 Å². The van der Waals surface area contributed by atoms with Crippen molar-refractivity contribution in [3.05, 3.63) is 0 Å². The first-order chi connectivity index (χ1) is 4.10. The Morgan fingerprint density at radius 3 is 2.67 bits per heavy atom. The highest BCUT2D eigenvalue weighted by Gasteiger charge is 2.29. The Morgan fingerprint density at radius 2 is 2.33 bits per heavy atom. The highest BCUT2D eigenvalue weighted by Crippen LogP contribution is 2.21. The Morgan fingerprint density at radius 1 is 1.67 bits per heavy atom. The second-order valence-electron chi connectivity index (χ2n) is 3.13. The molecule has 0 amide bonds. The Balaban J connectivity index is 2.41. The van der Waals surface area contributed by atoms with Gasteiger partial charge in [0.15, 0.2) is 0 Å². The van der Waals surface area contributed by atoms with E-state index in [-0.39, 0.29) is 0 Å². The molecule has 0 aromatic carbocycles. The average molecular weight is 145 g/mol. The first kappa shape index (κ1) is 7.25. The third-order valence-corrected chi connectivity index (χ3v) is 4.04. The number of hydrogen-bond donors (Lipinski definition) is 1. The van der Waals surface area contributed by atoms with Gasteiger partial charge in [0, 0.05) is 6.10 Å². The fourth-order valence-corrected chi connectivity index (χ4v) is 3.38. The summed E-state index contributed by atoms with van der Waals surface area (Å²) >= 11 is 0. The molecule has 9 heavy (non-hydrogen) atoms. The summed E-state index contributed by atoms with van der Waals surface area (Å²) in [5, 5.41) is 5.88. The maximum absolute atomic E-state index is 5.88. The zero-order chi connectivity index (χ0) is 6.91. The second-order valence-corrected chi connectivity index (χ2v) is 6.49. The lowest BCUT2D eigenvalue weighted by molar-refractivity contribution is 0.176. The predicted molar refractivity (Wildman–Crippen MR) is 40.4 cm³/mol. The summed E-state index contributed by atoms with van der Waals surface area (Å²) in [6.07, 6.45) is 2.88. The van der Waals surface area contributed by atoms with Gasteiger partial charge >= 0.3 is 0 Å². The van der Waals surface area contributed by atoms with E-state index in [2.05, 4.69) is 13.5 Å². The molecule has 0 saturated carbocycles. The largest absolute Gasteiger partial charge is 0.401 e. The molecule has 2 atom stereocenters. The van der Waals surface area contributed by atoms with Gasteiger partial charge in [-0.1, -0.05) is 0 Å². The molecule has 1 aliphatic rings. The molecule has 1 fully saturated rings. The lowest BCUT2D eigenvalue weighted by Crippen LogP contribution is -2.50. The van der Waals surface area contributed by atoms with E-state index < -0.39 is 8.48 Å². The van der Waals surface area contributed by atoms with Gasteiger partial charge in [-0.2, -0.15) is 0 Å². The second kappa shape index (κ2) is 2.40. The molecular formula is C6H15NOSi. The van der Waals surface area contributed by atoms with Crippen LogP contribution in [0.4, 0.5) is 0 Å². The lowest BCUT2D eigenvalue weighted by Gasteiger charge is -2.31. The Kier molecular flexibility index (Phi) is 1.93. The van der Waals surface area contributed by atoms with Gasteiger partial charge in [0.2, 0.25) is 0 Å². The molecule has 2 N–H and O–H groups in total. The molecule has 2 nitrogen and oxygen atoms in total. The van der Waals surface area contributed by atoms with Crippen LogP contribution in [0.3, 0.4) is 0 Å². The molecule has 0 aliphatic carbocycles. The molecule has 0 bridgehead atoms. The van der Waals surface area contributed by atoms with Crippen molar-refractivity contribution in [2.45, 2.75) is 38.5 Å². The molecule has 0 radical (unpaired) electrons. The smallest absolute Gasteiger partial charge is 0.263 e.